The van der Waals surface area contributed by atoms with Gasteiger partial charge in [0, 0.05) is 32.1 Å². The largest absolute Gasteiger partial charge is 0.457 e. The summed E-state index contributed by atoms with van der Waals surface area (Å²) in [5.74, 6) is -0.0408. The maximum Gasteiger partial charge on any atom is 0.308 e. The predicted octanol–water partition coefficient (Wildman–Crippen LogP) is 2.24. The highest BCUT2D eigenvalue weighted by molar-refractivity contribution is 5.85. The Balaban J connectivity index is 0.00000210. The average molecular weight is 394 g/mol. The Labute approximate surface area is 164 Å². The molecule has 1 aliphatic heterocycles. The molecule has 7 heteroatoms. The number of piperidine rings is 1. The van der Waals surface area contributed by atoms with Crippen LogP contribution in [0.1, 0.15) is 50.7 Å². The van der Waals surface area contributed by atoms with Crippen LogP contribution in [0.15, 0.2) is 18.2 Å². The van der Waals surface area contributed by atoms with Crippen LogP contribution in [0.5, 0.6) is 5.75 Å². The van der Waals surface area contributed by atoms with Crippen molar-refractivity contribution in [3.63, 3.8) is 0 Å². The van der Waals surface area contributed by atoms with Crippen molar-refractivity contribution in [2.45, 2.75) is 63.0 Å². The number of ketones is 1. The van der Waals surface area contributed by atoms with Gasteiger partial charge in [-0.1, -0.05) is 6.07 Å². The molecular formula is C20H24ClNO5. The van der Waals surface area contributed by atoms with Crippen LogP contribution in [0.25, 0.3) is 0 Å². The van der Waals surface area contributed by atoms with E-state index in [-0.39, 0.29) is 36.2 Å². The van der Waals surface area contributed by atoms with Gasteiger partial charge < -0.3 is 14.8 Å². The molecule has 0 amide bonds. The Bertz CT molecular complexity index is 810. The number of ether oxygens (including phenoxy) is 2. The lowest BCUT2D eigenvalue weighted by Gasteiger charge is -2.61. The molecule has 0 unspecified atom stereocenters. The molecule has 6 nitrogen and oxygen atoms in total. The van der Waals surface area contributed by atoms with Crippen molar-refractivity contribution in [3.05, 3.63) is 29.3 Å². The second-order valence-electron chi connectivity index (χ2n) is 7.65. The van der Waals surface area contributed by atoms with E-state index in [0.29, 0.717) is 31.4 Å². The molecule has 0 spiro atoms. The Kier molecular flexibility index (Phi) is 5.08. The molecule has 1 saturated heterocycles. The van der Waals surface area contributed by atoms with Crippen LogP contribution >= 0.6 is 12.4 Å². The predicted molar refractivity (Wildman–Crippen MR) is 100 cm³/mol. The Morgan fingerprint density at radius 2 is 1.96 bits per heavy atom. The molecule has 1 heterocycles. The number of Topliss-reactive ketones (excluding diaryl/α,β-unsaturated/α-hetero) is 1. The van der Waals surface area contributed by atoms with E-state index < -0.39 is 11.0 Å². The minimum absolute atomic E-state index is 0. The average Bonchev–Trinajstić information content (AvgIpc) is 2.55. The van der Waals surface area contributed by atoms with Crippen LogP contribution in [0.2, 0.25) is 0 Å². The number of hydrogen-bond donors (Lipinski definition) is 1. The number of hydrogen-bond acceptors (Lipinski definition) is 6. The Morgan fingerprint density at radius 3 is 2.67 bits per heavy atom. The summed E-state index contributed by atoms with van der Waals surface area (Å²) in [6.45, 7) is 3.56. The van der Waals surface area contributed by atoms with E-state index in [1.165, 1.54) is 13.8 Å². The summed E-state index contributed by atoms with van der Waals surface area (Å²) in [6.07, 6.45) is 2.74. The lowest BCUT2D eigenvalue weighted by molar-refractivity contribution is -0.189. The summed E-state index contributed by atoms with van der Waals surface area (Å²) >= 11 is 0. The summed E-state index contributed by atoms with van der Waals surface area (Å²) in [5.41, 5.74) is 0.819. The lowest BCUT2D eigenvalue weighted by atomic mass is 9.49. The number of fused-ring (bicyclic) bond motifs is 1. The molecule has 0 radical (unpaired) electrons. The first-order valence-corrected chi connectivity index (χ1v) is 9.13. The number of benzene rings is 1. The second kappa shape index (κ2) is 6.91. The summed E-state index contributed by atoms with van der Waals surface area (Å²) in [5, 5.41) is 3.52. The van der Waals surface area contributed by atoms with Crippen molar-refractivity contribution >= 4 is 30.1 Å². The molecule has 1 saturated carbocycles. The van der Waals surface area contributed by atoms with Crippen molar-refractivity contribution in [1.82, 2.24) is 5.32 Å². The van der Waals surface area contributed by atoms with E-state index in [9.17, 15) is 14.4 Å². The highest BCUT2D eigenvalue weighted by atomic mass is 35.5. The van der Waals surface area contributed by atoms with E-state index in [4.69, 9.17) is 9.47 Å². The maximum absolute atomic E-state index is 12.5. The molecule has 2 bridgehead atoms. The van der Waals surface area contributed by atoms with Gasteiger partial charge >= 0.3 is 11.9 Å². The first-order valence-electron chi connectivity index (χ1n) is 9.13. The number of esters is 2. The number of carbonyl (C=O) groups excluding carboxylic acids is 3. The minimum atomic E-state index is -0.729. The third-order valence-electron chi connectivity index (χ3n) is 6.20. The lowest BCUT2D eigenvalue weighted by Crippen LogP contribution is -2.73. The third kappa shape index (κ3) is 2.95. The maximum atomic E-state index is 12.5. The number of nitrogens with one attached hydrogen (secondary N) is 1. The molecule has 4 rings (SSSR count). The van der Waals surface area contributed by atoms with Gasteiger partial charge in [0.05, 0.1) is 6.04 Å². The van der Waals surface area contributed by atoms with Crippen LogP contribution in [0.4, 0.5) is 0 Å². The van der Waals surface area contributed by atoms with E-state index >= 15 is 0 Å². The van der Waals surface area contributed by atoms with Gasteiger partial charge in [0.25, 0.3) is 0 Å². The highest BCUT2D eigenvalue weighted by Gasteiger charge is 2.65. The molecule has 146 valence electrons. The summed E-state index contributed by atoms with van der Waals surface area (Å²) in [4.78, 5) is 35.8. The van der Waals surface area contributed by atoms with Crippen molar-refractivity contribution in [2.24, 2.45) is 0 Å². The van der Waals surface area contributed by atoms with E-state index in [0.717, 1.165) is 24.1 Å². The Hall–Kier alpha value is -1.92. The van der Waals surface area contributed by atoms with Crippen LogP contribution in [-0.4, -0.2) is 35.9 Å². The fourth-order valence-corrected chi connectivity index (χ4v) is 5.37. The molecule has 1 aromatic rings. The zero-order valence-corrected chi connectivity index (χ0v) is 16.3. The van der Waals surface area contributed by atoms with Gasteiger partial charge in [0.1, 0.15) is 17.1 Å². The fourth-order valence-electron chi connectivity index (χ4n) is 5.37. The van der Waals surface area contributed by atoms with Gasteiger partial charge in [-0.15, -0.1) is 12.4 Å². The number of halogens is 1. The smallest absolute Gasteiger partial charge is 0.308 e. The first kappa shape index (κ1) is 19.8. The summed E-state index contributed by atoms with van der Waals surface area (Å²) in [7, 11) is 0. The zero-order valence-electron chi connectivity index (χ0n) is 15.5. The fraction of sp³-hybridized carbons (Fsp3) is 0.550. The number of rotatable bonds is 2. The van der Waals surface area contributed by atoms with Crippen LogP contribution in [0, 0.1) is 0 Å². The zero-order chi connectivity index (χ0) is 18.5. The first-order chi connectivity index (χ1) is 12.4. The monoisotopic (exact) mass is 393 g/mol. The van der Waals surface area contributed by atoms with Crippen molar-refractivity contribution in [2.75, 3.05) is 6.54 Å². The highest BCUT2D eigenvalue weighted by Crippen LogP contribution is 2.57. The van der Waals surface area contributed by atoms with E-state index in [1.807, 2.05) is 12.1 Å². The van der Waals surface area contributed by atoms with Gasteiger partial charge in [-0.2, -0.15) is 0 Å². The number of carbonyl (C=O) groups is 3. The molecule has 1 N–H and O–H groups in total. The molecule has 1 aromatic carbocycles. The van der Waals surface area contributed by atoms with E-state index in [2.05, 4.69) is 5.32 Å². The van der Waals surface area contributed by atoms with Gasteiger partial charge in [-0.05, 0) is 49.1 Å². The van der Waals surface area contributed by atoms with Gasteiger partial charge in [0.15, 0.2) is 0 Å². The molecule has 3 atom stereocenters. The quantitative estimate of drug-likeness (QED) is 0.613. The van der Waals surface area contributed by atoms with Gasteiger partial charge in [-0.25, -0.2) is 0 Å². The molecule has 2 fully saturated rings. The summed E-state index contributed by atoms with van der Waals surface area (Å²) < 4.78 is 11.3. The molecule has 2 aliphatic carbocycles. The normalized spacial score (nSPS) is 31.0. The SMILES string of the molecule is CC(=O)Oc1ccc2c(c1)[C@]13CCN[C@H](C2)[C@]1(OC(C)=O)CCC(=O)C3.Cl. The van der Waals surface area contributed by atoms with Crippen LogP contribution in [0.3, 0.4) is 0 Å². The van der Waals surface area contributed by atoms with Crippen LogP contribution < -0.4 is 10.1 Å². The van der Waals surface area contributed by atoms with Crippen molar-refractivity contribution in [1.29, 1.82) is 0 Å². The van der Waals surface area contributed by atoms with Crippen molar-refractivity contribution < 1.29 is 23.9 Å². The van der Waals surface area contributed by atoms with Gasteiger partial charge in [0.2, 0.25) is 0 Å². The summed E-state index contributed by atoms with van der Waals surface area (Å²) in [6, 6.07) is 5.61. The molecular weight excluding hydrogens is 370 g/mol. The standard InChI is InChI=1S/C20H23NO5.ClH/c1-12(22)25-16-4-3-14-9-18-20(26-13(2)23)6-5-15(24)11-19(20,7-8-21-18)17(14)10-16;/h3-4,10,18,21H,5-9,11H2,1-2H3;1H/t18-,19-,20-;/m1./s1. The van der Waals surface area contributed by atoms with Crippen molar-refractivity contribution in [3.8, 4) is 5.75 Å². The second-order valence-corrected chi connectivity index (χ2v) is 7.65. The topological polar surface area (TPSA) is 81.7 Å². The van der Waals surface area contributed by atoms with Gasteiger partial charge in [-0.3, -0.25) is 14.4 Å². The Morgan fingerprint density at radius 1 is 1.19 bits per heavy atom. The molecule has 27 heavy (non-hydrogen) atoms. The van der Waals surface area contributed by atoms with Crippen LogP contribution in [-0.2, 0) is 31.0 Å². The minimum Gasteiger partial charge on any atom is -0.457 e. The molecule has 0 aromatic heterocycles. The third-order valence-corrected chi connectivity index (χ3v) is 6.20. The molecule has 3 aliphatic rings. The van der Waals surface area contributed by atoms with E-state index in [1.54, 1.807) is 6.07 Å².